The molecule has 0 aliphatic carbocycles. The third kappa shape index (κ3) is 5.19. The zero-order valence-electron chi connectivity index (χ0n) is 16.5. The molecule has 1 unspecified atom stereocenters. The molecule has 0 aromatic heterocycles. The number of rotatable bonds is 7. The van der Waals surface area contributed by atoms with E-state index in [4.69, 9.17) is 0 Å². The second-order valence-corrected chi connectivity index (χ2v) is 7.21. The SMILES string of the molecule is C=C(/C(=C\C)C/C(C)=C/C(C)CC)c1c(C)cc(F)cc1C(C)C. The third-order valence-corrected chi connectivity index (χ3v) is 4.67. The van der Waals surface area contributed by atoms with Gasteiger partial charge >= 0.3 is 0 Å². The van der Waals surface area contributed by atoms with Crippen molar-refractivity contribution in [3.63, 3.8) is 0 Å². The average molecular weight is 329 g/mol. The first-order valence-electron chi connectivity index (χ1n) is 9.03. The van der Waals surface area contributed by atoms with E-state index in [2.05, 4.69) is 60.3 Å². The van der Waals surface area contributed by atoms with E-state index < -0.39 is 0 Å². The molecule has 132 valence electrons. The van der Waals surface area contributed by atoms with Crippen LogP contribution in [0, 0.1) is 18.7 Å². The van der Waals surface area contributed by atoms with Gasteiger partial charge in [0.2, 0.25) is 0 Å². The minimum Gasteiger partial charge on any atom is -0.207 e. The molecule has 1 heteroatoms. The second kappa shape index (κ2) is 9.01. The summed E-state index contributed by atoms with van der Waals surface area (Å²) in [6.07, 6.45) is 6.53. The lowest BCUT2D eigenvalue weighted by Crippen LogP contribution is -2.02. The summed E-state index contributed by atoms with van der Waals surface area (Å²) in [5.41, 5.74) is 6.73. The smallest absolute Gasteiger partial charge is 0.123 e. The summed E-state index contributed by atoms with van der Waals surface area (Å²) in [7, 11) is 0. The lowest BCUT2D eigenvalue weighted by Gasteiger charge is -2.20. The molecule has 0 N–H and O–H groups in total. The first-order valence-corrected chi connectivity index (χ1v) is 9.03. The maximum atomic E-state index is 13.9. The molecule has 0 heterocycles. The molecule has 1 atom stereocenters. The quantitative estimate of drug-likeness (QED) is 0.357. The van der Waals surface area contributed by atoms with Gasteiger partial charge in [-0.3, -0.25) is 0 Å². The van der Waals surface area contributed by atoms with Gasteiger partial charge in [0.25, 0.3) is 0 Å². The Labute approximate surface area is 148 Å². The summed E-state index contributed by atoms with van der Waals surface area (Å²) < 4.78 is 13.9. The van der Waals surface area contributed by atoms with Gasteiger partial charge in [0, 0.05) is 0 Å². The molecule has 0 saturated heterocycles. The fourth-order valence-corrected chi connectivity index (χ4v) is 3.14. The van der Waals surface area contributed by atoms with Gasteiger partial charge in [0.05, 0.1) is 0 Å². The largest absolute Gasteiger partial charge is 0.207 e. The zero-order valence-corrected chi connectivity index (χ0v) is 16.5. The van der Waals surface area contributed by atoms with Gasteiger partial charge in [-0.05, 0) is 79.0 Å². The molecule has 0 aliphatic rings. The fraction of sp³-hybridized carbons (Fsp3) is 0.478. The van der Waals surface area contributed by atoms with Crippen LogP contribution in [0.15, 0.2) is 42.0 Å². The van der Waals surface area contributed by atoms with E-state index in [0.29, 0.717) is 5.92 Å². The molecular formula is C23H33F. The average Bonchev–Trinajstić information content (AvgIpc) is 2.50. The van der Waals surface area contributed by atoms with Crippen molar-refractivity contribution in [3.05, 3.63) is 64.5 Å². The Balaban J connectivity index is 3.23. The van der Waals surface area contributed by atoms with Crippen molar-refractivity contribution in [2.24, 2.45) is 5.92 Å². The molecule has 1 aromatic carbocycles. The minimum atomic E-state index is -0.164. The highest BCUT2D eigenvalue weighted by atomic mass is 19.1. The summed E-state index contributed by atoms with van der Waals surface area (Å²) in [5, 5.41) is 0. The molecule has 0 spiro atoms. The van der Waals surface area contributed by atoms with Crippen LogP contribution >= 0.6 is 0 Å². The number of benzene rings is 1. The summed E-state index contributed by atoms with van der Waals surface area (Å²) >= 11 is 0. The number of hydrogen-bond acceptors (Lipinski definition) is 0. The summed E-state index contributed by atoms with van der Waals surface area (Å²) in [6.45, 7) is 19.3. The van der Waals surface area contributed by atoms with E-state index in [-0.39, 0.29) is 11.7 Å². The van der Waals surface area contributed by atoms with Crippen LogP contribution < -0.4 is 0 Å². The zero-order chi connectivity index (χ0) is 18.4. The van der Waals surface area contributed by atoms with Gasteiger partial charge in [-0.1, -0.05) is 58.4 Å². The maximum absolute atomic E-state index is 13.9. The lowest BCUT2D eigenvalue weighted by molar-refractivity contribution is 0.621. The van der Waals surface area contributed by atoms with E-state index in [9.17, 15) is 4.39 Å². The van der Waals surface area contributed by atoms with Gasteiger partial charge in [0.1, 0.15) is 5.82 Å². The van der Waals surface area contributed by atoms with E-state index in [1.807, 2.05) is 6.92 Å². The molecule has 0 nitrogen and oxygen atoms in total. The topological polar surface area (TPSA) is 0 Å². The first kappa shape index (κ1) is 20.4. The standard InChI is InChI=1S/C23H33F/c1-9-16(5)11-17(6)12-20(10-2)19(8)23-18(7)13-21(24)14-22(23)15(3)4/h10-11,13-16H,8-9,12H2,1-7H3/b17-11+,20-10-. The maximum Gasteiger partial charge on any atom is 0.123 e. The predicted molar refractivity (Wildman–Crippen MR) is 106 cm³/mol. The second-order valence-electron chi connectivity index (χ2n) is 7.21. The van der Waals surface area contributed by atoms with Crippen LogP contribution in [0.5, 0.6) is 0 Å². The lowest BCUT2D eigenvalue weighted by atomic mass is 9.84. The Morgan fingerprint density at radius 3 is 2.38 bits per heavy atom. The molecule has 1 aromatic rings. The van der Waals surface area contributed by atoms with Crippen LogP contribution in [0.25, 0.3) is 5.57 Å². The van der Waals surface area contributed by atoms with Crippen LogP contribution in [-0.4, -0.2) is 0 Å². The van der Waals surface area contributed by atoms with Gasteiger partial charge in [0.15, 0.2) is 0 Å². The normalized spacial score (nSPS) is 14.2. The summed E-state index contributed by atoms with van der Waals surface area (Å²) in [6, 6.07) is 3.27. The number of hydrogen-bond donors (Lipinski definition) is 0. The predicted octanol–water partition coefficient (Wildman–Crippen LogP) is 7.60. The molecule has 24 heavy (non-hydrogen) atoms. The highest BCUT2D eigenvalue weighted by molar-refractivity contribution is 5.81. The van der Waals surface area contributed by atoms with E-state index in [1.54, 1.807) is 12.1 Å². The van der Waals surface area contributed by atoms with Crippen molar-refractivity contribution in [3.8, 4) is 0 Å². The number of halogens is 1. The van der Waals surface area contributed by atoms with Gasteiger partial charge in [-0.2, -0.15) is 0 Å². The van der Waals surface area contributed by atoms with Crippen molar-refractivity contribution in [2.45, 2.75) is 67.2 Å². The Hall–Kier alpha value is -1.63. The Morgan fingerprint density at radius 2 is 1.88 bits per heavy atom. The molecule has 0 amide bonds. The minimum absolute atomic E-state index is 0.164. The Kier molecular flexibility index (Phi) is 7.66. The molecule has 0 radical (unpaired) electrons. The number of aryl methyl sites for hydroxylation is 1. The summed E-state index contributed by atoms with van der Waals surface area (Å²) in [4.78, 5) is 0. The molecule has 0 aliphatic heterocycles. The van der Waals surface area contributed by atoms with E-state index in [0.717, 1.165) is 35.1 Å². The fourth-order valence-electron chi connectivity index (χ4n) is 3.14. The summed E-state index contributed by atoms with van der Waals surface area (Å²) in [5.74, 6) is 0.693. The van der Waals surface area contributed by atoms with Gasteiger partial charge in [-0.15, -0.1) is 0 Å². The molecular weight excluding hydrogens is 295 g/mol. The first-order chi connectivity index (χ1) is 11.2. The van der Waals surface area contributed by atoms with Crippen molar-refractivity contribution in [1.29, 1.82) is 0 Å². The van der Waals surface area contributed by atoms with Crippen molar-refractivity contribution < 1.29 is 4.39 Å². The van der Waals surface area contributed by atoms with Crippen LogP contribution in [0.2, 0.25) is 0 Å². The van der Waals surface area contributed by atoms with Crippen LogP contribution in [0.3, 0.4) is 0 Å². The van der Waals surface area contributed by atoms with Crippen molar-refractivity contribution in [2.75, 3.05) is 0 Å². The van der Waals surface area contributed by atoms with Crippen LogP contribution in [-0.2, 0) is 0 Å². The van der Waals surface area contributed by atoms with Crippen LogP contribution in [0.4, 0.5) is 4.39 Å². The van der Waals surface area contributed by atoms with Gasteiger partial charge in [-0.25, -0.2) is 4.39 Å². The van der Waals surface area contributed by atoms with Crippen molar-refractivity contribution in [1.82, 2.24) is 0 Å². The Bertz CT molecular complexity index is 644. The third-order valence-electron chi connectivity index (χ3n) is 4.67. The highest BCUT2D eigenvalue weighted by Gasteiger charge is 2.16. The van der Waals surface area contributed by atoms with Crippen LogP contribution in [0.1, 0.15) is 77.0 Å². The Morgan fingerprint density at radius 1 is 1.25 bits per heavy atom. The van der Waals surface area contributed by atoms with E-state index in [1.165, 1.54) is 11.1 Å². The number of allylic oxidation sites excluding steroid dienone is 5. The molecule has 0 saturated carbocycles. The monoisotopic (exact) mass is 328 g/mol. The molecule has 0 fully saturated rings. The molecule has 1 rings (SSSR count). The van der Waals surface area contributed by atoms with E-state index >= 15 is 0 Å². The molecule has 0 bridgehead atoms. The van der Waals surface area contributed by atoms with Crippen molar-refractivity contribution >= 4 is 5.57 Å². The van der Waals surface area contributed by atoms with Gasteiger partial charge < -0.3 is 0 Å². The highest BCUT2D eigenvalue weighted by Crippen LogP contribution is 2.35.